The molecule has 9 heteroatoms. The molecule has 154 valence electrons. The molecule has 3 aromatic rings. The molecule has 0 radical (unpaired) electrons. The van der Waals surface area contributed by atoms with Gasteiger partial charge in [0.25, 0.3) is 16.5 Å². The number of likely N-dealkylation sites (tertiary alicyclic amines) is 1. The first-order valence-electron chi connectivity index (χ1n) is 9.12. The van der Waals surface area contributed by atoms with E-state index in [2.05, 4.69) is 16.9 Å². The van der Waals surface area contributed by atoms with Crippen LogP contribution in [0.4, 0.5) is 0 Å². The molecular formula is C20H22ClN3O4S. The first-order valence-corrected chi connectivity index (χ1v) is 10.9. The lowest BCUT2D eigenvalue weighted by atomic mass is 10.1. The molecule has 1 aliphatic rings. The topological polar surface area (TPSA) is 92.5 Å². The molecule has 0 saturated carbocycles. The minimum absolute atomic E-state index is 0.176. The monoisotopic (exact) mass is 435 g/mol. The normalized spacial score (nSPS) is 17.1. The van der Waals surface area contributed by atoms with Crippen molar-refractivity contribution in [1.29, 1.82) is 0 Å². The fourth-order valence-corrected chi connectivity index (χ4v) is 5.36. The van der Waals surface area contributed by atoms with E-state index >= 15 is 0 Å². The van der Waals surface area contributed by atoms with E-state index in [0.29, 0.717) is 16.6 Å². The Hall–Kier alpha value is -2.42. The highest BCUT2D eigenvalue weighted by Crippen LogP contribution is 2.28. The summed E-state index contributed by atoms with van der Waals surface area (Å²) < 4.78 is 27.7. The molecule has 1 aromatic carbocycles. The maximum absolute atomic E-state index is 13.2. The van der Waals surface area contributed by atoms with Crippen molar-refractivity contribution in [2.24, 2.45) is 0 Å². The third-order valence-electron chi connectivity index (χ3n) is 5.08. The molecule has 1 atom stereocenters. The second-order valence-electron chi connectivity index (χ2n) is 6.87. The third-order valence-corrected chi connectivity index (χ3v) is 6.99. The number of likely N-dealkylation sites (N-methyl/N-ethyl adjacent to an activating group) is 1. The Morgan fingerprint density at radius 2 is 2.07 bits per heavy atom. The van der Waals surface area contributed by atoms with Gasteiger partial charge in [0, 0.05) is 23.5 Å². The van der Waals surface area contributed by atoms with Crippen LogP contribution in [0.15, 0.2) is 53.7 Å². The molecule has 0 unspecified atom stereocenters. The minimum atomic E-state index is -3.74. The van der Waals surface area contributed by atoms with Gasteiger partial charge in [-0.25, -0.2) is 12.4 Å². The van der Waals surface area contributed by atoms with E-state index in [0.717, 1.165) is 30.5 Å². The minimum Gasteiger partial charge on any atom is -0.483 e. The number of aromatic nitrogens is 2. The first kappa shape index (κ1) is 21.3. The molecule has 1 N–H and O–H groups in total. The van der Waals surface area contributed by atoms with E-state index in [-0.39, 0.29) is 11.4 Å². The Bertz CT molecular complexity index is 1110. The van der Waals surface area contributed by atoms with Crippen molar-refractivity contribution in [3.8, 4) is 0 Å². The Balaban J connectivity index is 0.000000755. The van der Waals surface area contributed by atoms with Crippen LogP contribution in [-0.4, -0.2) is 53.5 Å². The highest BCUT2D eigenvalue weighted by atomic mass is 35.5. The fraction of sp³-hybridized carbons (Fsp3) is 0.300. The van der Waals surface area contributed by atoms with E-state index in [1.807, 2.05) is 0 Å². The number of hydrogen-bond donors (Lipinski definition) is 1. The van der Waals surface area contributed by atoms with Crippen LogP contribution in [0.2, 0.25) is 5.02 Å². The predicted octanol–water partition coefficient (Wildman–Crippen LogP) is 3.26. The van der Waals surface area contributed by atoms with Crippen LogP contribution in [0.3, 0.4) is 0 Å². The lowest BCUT2D eigenvalue weighted by Crippen LogP contribution is -2.26. The predicted molar refractivity (Wildman–Crippen MR) is 112 cm³/mol. The van der Waals surface area contributed by atoms with Crippen molar-refractivity contribution in [2.75, 3.05) is 13.6 Å². The molecule has 1 saturated heterocycles. The van der Waals surface area contributed by atoms with Crippen molar-refractivity contribution in [1.82, 2.24) is 13.9 Å². The number of benzene rings is 1. The van der Waals surface area contributed by atoms with Gasteiger partial charge in [-0.05, 0) is 68.8 Å². The number of rotatable bonds is 4. The fourth-order valence-electron chi connectivity index (χ4n) is 3.67. The molecule has 0 spiro atoms. The van der Waals surface area contributed by atoms with Crippen LogP contribution in [0, 0.1) is 0 Å². The quantitative estimate of drug-likeness (QED) is 0.632. The molecule has 0 bridgehead atoms. The standard InChI is InChI=1S/C19H20ClN3O2S.CH2O2/c1-22-10-4-6-16(22)11-14-13-23(18-8-3-9-21-19(14)18)26(24,25)17-7-2-5-15(20)12-17;2-1-3/h2-3,5,7-9,12-13,16H,4,6,10-11H2,1H3;1H,(H,2,3)/t16-;/m0./s1. The van der Waals surface area contributed by atoms with E-state index in [4.69, 9.17) is 21.5 Å². The van der Waals surface area contributed by atoms with E-state index in [9.17, 15) is 8.42 Å². The van der Waals surface area contributed by atoms with Gasteiger partial charge in [-0.15, -0.1) is 0 Å². The summed E-state index contributed by atoms with van der Waals surface area (Å²) in [6, 6.07) is 10.3. The average molecular weight is 436 g/mol. The molecule has 4 rings (SSSR count). The summed E-state index contributed by atoms with van der Waals surface area (Å²) in [6.45, 7) is 0.831. The van der Waals surface area contributed by atoms with Crippen LogP contribution >= 0.6 is 11.6 Å². The summed E-state index contributed by atoms with van der Waals surface area (Å²) in [7, 11) is -1.62. The van der Waals surface area contributed by atoms with Crippen LogP contribution < -0.4 is 0 Å². The van der Waals surface area contributed by atoms with Crippen LogP contribution in [0.1, 0.15) is 18.4 Å². The first-order chi connectivity index (χ1) is 13.9. The molecule has 1 fully saturated rings. The smallest absolute Gasteiger partial charge is 0.290 e. The van der Waals surface area contributed by atoms with Crippen molar-refractivity contribution in [3.63, 3.8) is 0 Å². The van der Waals surface area contributed by atoms with Gasteiger partial charge in [-0.3, -0.25) is 9.78 Å². The summed E-state index contributed by atoms with van der Waals surface area (Å²) in [5.41, 5.74) is 2.31. The van der Waals surface area contributed by atoms with Crippen LogP contribution in [0.25, 0.3) is 11.0 Å². The largest absolute Gasteiger partial charge is 0.483 e. The summed E-state index contributed by atoms with van der Waals surface area (Å²) in [6.07, 6.45) is 6.52. The van der Waals surface area contributed by atoms with Gasteiger partial charge in [0.15, 0.2) is 0 Å². The number of hydrogen-bond acceptors (Lipinski definition) is 5. The molecule has 1 aliphatic heterocycles. The van der Waals surface area contributed by atoms with Gasteiger partial charge >= 0.3 is 0 Å². The zero-order valence-corrected chi connectivity index (χ0v) is 17.5. The number of carboxylic acid groups (broad SMARTS) is 1. The zero-order chi connectivity index (χ0) is 21.0. The number of pyridine rings is 1. The van der Waals surface area contributed by atoms with Gasteiger partial charge in [0.05, 0.1) is 15.9 Å². The molecule has 3 heterocycles. The molecule has 7 nitrogen and oxygen atoms in total. The summed E-state index contributed by atoms with van der Waals surface area (Å²) in [5, 5.41) is 7.29. The zero-order valence-electron chi connectivity index (χ0n) is 15.9. The van der Waals surface area contributed by atoms with Crippen molar-refractivity contribution < 1.29 is 18.3 Å². The third kappa shape index (κ3) is 4.44. The summed E-state index contributed by atoms with van der Waals surface area (Å²) in [4.78, 5) is 15.3. The maximum Gasteiger partial charge on any atom is 0.290 e. The van der Waals surface area contributed by atoms with Gasteiger partial charge in [0.2, 0.25) is 0 Å². The van der Waals surface area contributed by atoms with E-state index in [1.54, 1.807) is 42.7 Å². The molecule has 0 aliphatic carbocycles. The Labute approximate surface area is 174 Å². The van der Waals surface area contributed by atoms with E-state index in [1.165, 1.54) is 16.5 Å². The number of nitrogens with zero attached hydrogens (tertiary/aromatic N) is 3. The van der Waals surface area contributed by atoms with Crippen molar-refractivity contribution in [2.45, 2.75) is 30.2 Å². The second kappa shape index (κ2) is 8.94. The molecular weight excluding hydrogens is 414 g/mol. The number of halogens is 1. The summed E-state index contributed by atoms with van der Waals surface area (Å²) in [5.74, 6) is 0. The Morgan fingerprint density at radius 3 is 2.72 bits per heavy atom. The SMILES string of the molecule is CN1CCC[C@H]1Cc1cn(S(=O)(=O)c2cccc(Cl)c2)c2cccnc12.O=CO. The van der Waals surface area contributed by atoms with Crippen molar-refractivity contribution >= 4 is 39.1 Å². The van der Waals surface area contributed by atoms with Gasteiger partial charge in [-0.2, -0.15) is 0 Å². The van der Waals surface area contributed by atoms with Gasteiger partial charge < -0.3 is 10.0 Å². The lowest BCUT2D eigenvalue weighted by Gasteiger charge is -2.18. The van der Waals surface area contributed by atoms with Crippen molar-refractivity contribution in [3.05, 3.63) is 59.4 Å². The highest BCUT2D eigenvalue weighted by Gasteiger charge is 2.26. The number of fused-ring (bicyclic) bond motifs is 1. The van der Waals surface area contributed by atoms with Gasteiger partial charge in [-0.1, -0.05) is 17.7 Å². The lowest BCUT2D eigenvalue weighted by molar-refractivity contribution is -0.122. The molecule has 29 heavy (non-hydrogen) atoms. The maximum atomic E-state index is 13.2. The highest BCUT2D eigenvalue weighted by molar-refractivity contribution is 7.90. The second-order valence-corrected chi connectivity index (χ2v) is 9.12. The summed E-state index contributed by atoms with van der Waals surface area (Å²) >= 11 is 6.00. The van der Waals surface area contributed by atoms with Crippen LogP contribution in [-0.2, 0) is 21.2 Å². The van der Waals surface area contributed by atoms with Crippen LogP contribution in [0.5, 0.6) is 0 Å². The Kier molecular flexibility index (Phi) is 6.56. The molecule has 2 aromatic heterocycles. The number of carbonyl (C=O) groups is 1. The Morgan fingerprint density at radius 1 is 1.31 bits per heavy atom. The van der Waals surface area contributed by atoms with E-state index < -0.39 is 10.0 Å². The average Bonchev–Trinajstić information content (AvgIpc) is 3.27. The van der Waals surface area contributed by atoms with Gasteiger partial charge in [0.1, 0.15) is 0 Å². The molecule has 0 amide bonds.